The van der Waals surface area contributed by atoms with E-state index in [1.165, 1.54) is 6.07 Å². The number of anilines is 1. The summed E-state index contributed by atoms with van der Waals surface area (Å²) in [6.07, 6.45) is 1.87. The van der Waals surface area contributed by atoms with E-state index in [4.69, 9.17) is 16.3 Å². The summed E-state index contributed by atoms with van der Waals surface area (Å²) in [5.41, 5.74) is 0.813. The molecule has 0 atom stereocenters. The number of epoxide rings is 1. The van der Waals surface area contributed by atoms with Gasteiger partial charge in [0.2, 0.25) is 0 Å². The topological polar surface area (TPSA) is 58.9 Å². The predicted molar refractivity (Wildman–Crippen MR) is 68.2 cm³/mol. The number of nitrogens with zero attached hydrogens (tertiary/aromatic N) is 2. The van der Waals surface area contributed by atoms with Crippen molar-refractivity contribution in [3.05, 3.63) is 33.3 Å². The first kappa shape index (κ1) is 11.7. The van der Waals surface area contributed by atoms with Gasteiger partial charge in [-0.15, -0.1) is 0 Å². The number of ether oxygens (including phenoxy) is 1. The molecule has 0 aliphatic carbocycles. The minimum atomic E-state index is -0.376. The molecule has 0 aromatic heterocycles. The van der Waals surface area contributed by atoms with Crippen molar-refractivity contribution in [2.45, 2.75) is 18.4 Å². The van der Waals surface area contributed by atoms with Crippen molar-refractivity contribution >= 4 is 23.0 Å². The molecule has 0 radical (unpaired) electrons. The number of rotatable bonds is 2. The van der Waals surface area contributed by atoms with E-state index >= 15 is 0 Å². The summed E-state index contributed by atoms with van der Waals surface area (Å²) in [5.74, 6) is 0. The largest absolute Gasteiger partial charge is 0.369 e. The third-order valence-corrected chi connectivity index (χ3v) is 3.94. The molecule has 2 aliphatic rings. The first-order valence-electron chi connectivity index (χ1n) is 5.93. The fraction of sp³-hybridized carbons (Fsp3) is 0.500. The highest BCUT2D eigenvalue weighted by molar-refractivity contribution is 6.30. The number of hydrogen-bond acceptors (Lipinski definition) is 4. The molecular weight excluding hydrogens is 256 g/mol. The van der Waals surface area contributed by atoms with Crippen molar-refractivity contribution in [2.24, 2.45) is 0 Å². The van der Waals surface area contributed by atoms with E-state index in [1.54, 1.807) is 12.1 Å². The SMILES string of the molecule is O=[N+]([O-])c1cc(Cl)ccc1N1CCC2(CC1)CO2. The summed E-state index contributed by atoms with van der Waals surface area (Å²) in [6.45, 7) is 2.43. The predicted octanol–water partition coefficient (Wildman–Crippen LogP) is 2.62. The van der Waals surface area contributed by atoms with Crippen LogP contribution >= 0.6 is 11.6 Å². The van der Waals surface area contributed by atoms with E-state index in [1.807, 2.05) is 4.90 Å². The monoisotopic (exact) mass is 268 g/mol. The lowest BCUT2D eigenvalue weighted by atomic mass is 9.97. The molecule has 0 N–H and O–H groups in total. The Morgan fingerprint density at radius 3 is 2.61 bits per heavy atom. The van der Waals surface area contributed by atoms with E-state index in [0.29, 0.717) is 10.7 Å². The van der Waals surface area contributed by atoms with Crippen LogP contribution in [-0.2, 0) is 4.74 Å². The Morgan fingerprint density at radius 1 is 1.39 bits per heavy atom. The summed E-state index contributed by atoms with van der Waals surface area (Å²) in [6, 6.07) is 4.84. The second-order valence-corrected chi connectivity index (χ2v) is 5.29. The van der Waals surface area contributed by atoms with Crippen LogP contribution in [0.2, 0.25) is 5.02 Å². The van der Waals surface area contributed by atoms with Crippen LogP contribution in [0.4, 0.5) is 11.4 Å². The van der Waals surface area contributed by atoms with Crippen molar-refractivity contribution in [1.29, 1.82) is 0 Å². The van der Waals surface area contributed by atoms with Crippen LogP contribution in [0, 0.1) is 10.1 Å². The van der Waals surface area contributed by atoms with E-state index in [2.05, 4.69) is 0 Å². The van der Waals surface area contributed by atoms with Crippen LogP contribution in [0.15, 0.2) is 18.2 Å². The molecule has 2 aliphatic heterocycles. The molecule has 2 fully saturated rings. The number of benzene rings is 1. The van der Waals surface area contributed by atoms with Crippen molar-refractivity contribution < 1.29 is 9.66 Å². The highest BCUT2D eigenvalue weighted by Crippen LogP contribution is 2.40. The fourth-order valence-corrected chi connectivity index (χ4v) is 2.62. The van der Waals surface area contributed by atoms with Crippen molar-refractivity contribution in [2.75, 3.05) is 24.6 Å². The Labute approximate surface area is 109 Å². The second-order valence-electron chi connectivity index (χ2n) is 4.85. The van der Waals surface area contributed by atoms with Gasteiger partial charge in [0.25, 0.3) is 5.69 Å². The van der Waals surface area contributed by atoms with E-state index < -0.39 is 0 Å². The lowest BCUT2D eigenvalue weighted by molar-refractivity contribution is -0.384. The van der Waals surface area contributed by atoms with Crippen molar-refractivity contribution in [3.63, 3.8) is 0 Å². The quantitative estimate of drug-likeness (QED) is 0.470. The third-order valence-electron chi connectivity index (χ3n) is 3.70. The molecule has 1 aromatic carbocycles. The van der Waals surface area contributed by atoms with Gasteiger partial charge in [0, 0.05) is 24.2 Å². The zero-order valence-electron chi connectivity index (χ0n) is 9.76. The lowest BCUT2D eigenvalue weighted by Crippen LogP contribution is -2.38. The fourth-order valence-electron chi connectivity index (χ4n) is 2.46. The molecule has 2 saturated heterocycles. The van der Waals surface area contributed by atoms with Gasteiger partial charge in [0.15, 0.2) is 0 Å². The smallest absolute Gasteiger partial charge is 0.294 e. The maximum atomic E-state index is 11.1. The van der Waals surface area contributed by atoms with Crippen molar-refractivity contribution in [1.82, 2.24) is 0 Å². The summed E-state index contributed by atoms with van der Waals surface area (Å²) < 4.78 is 5.44. The maximum absolute atomic E-state index is 11.1. The zero-order valence-corrected chi connectivity index (χ0v) is 10.5. The first-order chi connectivity index (χ1) is 8.60. The molecule has 1 spiro atoms. The van der Waals surface area contributed by atoms with Gasteiger partial charge < -0.3 is 9.64 Å². The van der Waals surface area contributed by atoms with Gasteiger partial charge in [-0.1, -0.05) is 11.6 Å². The zero-order chi connectivity index (χ0) is 12.8. The molecule has 6 heteroatoms. The summed E-state index contributed by atoms with van der Waals surface area (Å²) in [5, 5.41) is 11.4. The standard InChI is InChI=1S/C12H13ClN2O3/c13-9-1-2-10(11(7-9)15(16)17)14-5-3-12(4-6-14)8-18-12/h1-2,7H,3-6,8H2. The Bertz CT molecular complexity index is 492. The average Bonchev–Trinajstić information content (AvgIpc) is 3.10. The summed E-state index contributed by atoms with van der Waals surface area (Å²) >= 11 is 5.81. The molecule has 0 bridgehead atoms. The molecule has 1 aromatic rings. The number of nitro benzene ring substituents is 1. The number of nitro groups is 1. The number of hydrogen-bond donors (Lipinski definition) is 0. The maximum Gasteiger partial charge on any atom is 0.294 e. The van der Waals surface area contributed by atoms with Gasteiger partial charge >= 0.3 is 0 Å². The van der Waals surface area contributed by atoms with Gasteiger partial charge in [-0.2, -0.15) is 0 Å². The molecule has 96 valence electrons. The Morgan fingerprint density at radius 2 is 2.06 bits per heavy atom. The third kappa shape index (κ3) is 2.04. The van der Waals surface area contributed by atoms with Crippen LogP contribution < -0.4 is 4.90 Å². The second kappa shape index (κ2) is 4.10. The van der Waals surface area contributed by atoms with Crippen LogP contribution in [-0.4, -0.2) is 30.2 Å². The van der Waals surface area contributed by atoms with Gasteiger partial charge in [0.05, 0.1) is 17.1 Å². The van der Waals surface area contributed by atoms with Crippen LogP contribution in [0.1, 0.15) is 12.8 Å². The van der Waals surface area contributed by atoms with Crippen LogP contribution in [0.3, 0.4) is 0 Å². The van der Waals surface area contributed by atoms with Crippen LogP contribution in [0.25, 0.3) is 0 Å². The molecule has 0 amide bonds. The van der Waals surface area contributed by atoms with Crippen LogP contribution in [0.5, 0.6) is 0 Å². The molecule has 3 rings (SSSR count). The molecule has 18 heavy (non-hydrogen) atoms. The lowest BCUT2D eigenvalue weighted by Gasteiger charge is -2.31. The van der Waals surface area contributed by atoms with Gasteiger partial charge in [-0.3, -0.25) is 10.1 Å². The van der Waals surface area contributed by atoms with Gasteiger partial charge in [-0.25, -0.2) is 0 Å². The Kier molecular flexibility index (Phi) is 2.68. The first-order valence-corrected chi connectivity index (χ1v) is 6.30. The molecule has 0 unspecified atom stereocenters. The minimum absolute atomic E-state index is 0.0789. The minimum Gasteiger partial charge on any atom is -0.369 e. The van der Waals surface area contributed by atoms with Crippen molar-refractivity contribution in [3.8, 4) is 0 Å². The van der Waals surface area contributed by atoms with E-state index in [-0.39, 0.29) is 16.2 Å². The highest BCUT2D eigenvalue weighted by Gasteiger charge is 2.47. The highest BCUT2D eigenvalue weighted by atomic mass is 35.5. The molecular formula is C12H13ClN2O3. The van der Waals surface area contributed by atoms with E-state index in [9.17, 15) is 10.1 Å². The Hall–Kier alpha value is -1.33. The van der Waals surface area contributed by atoms with Gasteiger partial charge in [-0.05, 0) is 25.0 Å². The molecule has 0 saturated carbocycles. The molecule has 2 heterocycles. The summed E-state index contributed by atoms with van der Waals surface area (Å²) in [7, 11) is 0. The summed E-state index contributed by atoms with van der Waals surface area (Å²) in [4.78, 5) is 12.7. The van der Waals surface area contributed by atoms with E-state index in [0.717, 1.165) is 32.5 Å². The Balaban J connectivity index is 1.85. The number of piperidine rings is 1. The average molecular weight is 269 g/mol. The number of halogens is 1. The normalized spacial score (nSPS) is 21.1. The van der Waals surface area contributed by atoms with Gasteiger partial charge in [0.1, 0.15) is 5.69 Å². The molecule has 5 nitrogen and oxygen atoms in total.